The third kappa shape index (κ3) is 5.06. The Hall–Kier alpha value is -0.380. The van der Waals surface area contributed by atoms with E-state index >= 15 is 0 Å². The fraction of sp³-hybridized carbons (Fsp3) is 0.562. The molecule has 0 saturated carbocycles. The molecule has 0 amide bonds. The van der Waals surface area contributed by atoms with Gasteiger partial charge in [-0.25, -0.2) is 0 Å². The van der Waals surface area contributed by atoms with E-state index in [1.807, 2.05) is 24.3 Å². The summed E-state index contributed by atoms with van der Waals surface area (Å²) in [5.74, 6) is 2.31. The standard InChI is InChI=1S/C16H23ClN4OS.HI/c17-13-1-3-14(4-2-13)20-6-8-21(9-7-20)15(18)19-11-16(22)5-10-23-12-16;/h1-4,22H,5-12H2,(H2,18,19);1H. The summed E-state index contributed by atoms with van der Waals surface area (Å²) in [7, 11) is 0. The molecule has 2 aliphatic rings. The van der Waals surface area contributed by atoms with Crippen LogP contribution in [-0.2, 0) is 0 Å². The average molecular weight is 483 g/mol. The third-order valence-corrected chi connectivity index (χ3v) is 5.90. The molecule has 2 aliphatic heterocycles. The summed E-state index contributed by atoms with van der Waals surface area (Å²) in [6, 6.07) is 7.92. The van der Waals surface area contributed by atoms with Crippen LogP contribution in [-0.4, -0.2) is 65.8 Å². The number of rotatable bonds is 3. The Bertz CT molecular complexity index is 558. The molecule has 3 rings (SSSR count). The van der Waals surface area contributed by atoms with E-state index in [0.717, 1.165) is 49.1 Å². The molecule has 24 heavy (non-hydrogen) atoms. The van der Waals surface area contributed by atoms with Gasteiger partial charge in [-0.1, -0.05) is 11.6 Å². The summed E-state index contributed by atoms with van der Waals surface area (Å²) in [4.78, 5) is 8.85. The van der Waals surface area contributed by atoms with Crippen molar-refractivity contribution in [2.45, 2.75) is 12.0 Å². The molecule has 5 nitrogen and oxygen atoms in total. The zero-order valence-corrected chi connectivity index (χ0v) is 17.4. The van der Waals surface area contributed by atoms with Gasteiger partial charge < -0.3 is 20.6 Å². The minimum Gasteiger partial charge on any atom is -0.387 e. The van der Waals surface area contributed by atoms with Crippen molar-refractivity contribution >= 4 is 59.0 Å². The number of anilines is 1. The number of nitrogens with two attached hydrogens (primary N) is 1. The maximum absolute atomic E-state index is 10.3. The fourth-order valence-corrected chi connectivity index (χ4v) is 4.31. The zero-order chi connectivity index (χ0) is 16.3. The monoisotopic (exact) mass is 482 g/mol. The van der Waals surface area contributed by atoms with Crippen LogP contribution in [0.1, 0.15) is 6.42 Å². The highest BCUT2D eigenvalue weighted by Crippen LogP contribution is 2.28. The number of piperazine rings is 1. The van der Waals surface area contributed by atoms with Gasteiger partial charge in [0.15, 0.2) is 5.96 Å². The second-order valence-corrected chi connectivity index (χ2v) is 7.69. The zero-order valence-electron chi connectivity index (χ0n) is 13.5. The van der Waals surface area contributed by atoms with E-state index < -0.39 is 5.60 Å². The smallest absolute Gasteiger partial charge is 0.191 e. The normalized spacial score (nSPS) is 24.8. The third-order valence-electron chi connectivity index (χ3n) is 4.41. The van der Waals surface area contributed by atoms with E-state index in [1.54, 1.807) is 11.8 Å². The number of halogens is 2. The first-order valence-corrected chi connectivity index (χ1v) is 9.45. The Morgan fingerprint density at radius 1 is 1.25 bits per heavy atom. The minimum absolute atomic E-state index is 0. The van der Waals surface area contributed by atoms with Crippen LogP contribution in [0.5, 0.6) is 0 Å². The predicted molar refractivity (Wildman–Crippen MR) is 114 cm³/mol. The largest absolute Gasteiger partial charge is 0.387 e. The Morgan fingerprint density at radius 2 is 1.92 bits per heavy atom. The molecule has 134 valence electrons. The van der Waals surface area contributed by atoms with Gasteiger partial charge in [0.25, 0.3) is 0 Å². The van der Waals surface area contributed by atoms with Crippen molar-refractivity contribution in [3.63, 3.8) is 0 Å². The quantitative estimate of drug-likeness (QED) is 0.393. The first kappa shape index (κ1) is 19.9. The van der Waals surface area contributed by atoms with Gasteiger partial charge in [-0.3, -0.25) is 4.99 Å². The molecule has 3 N–H and O–H groups in total. The van der Waals surface area contributed by atoms with Crippen molar-refractivity contribution < 1.29 is 5.11 Å². The molecule has 1 aromatic carbocycles. The number of guanidine groups is 1. The van der Waals surface area contributed by atoms with Crippen molar-refractivity contribution in [3.05, 3.63) is 29.3 Å². The molecule has 0 radical (unpaired) electrons. The van der Waals surface area contributed by atoms with E-state index in [1.165, 1.54) is 5.69 Å². The topological polar surface area (TPSA) is 65.1 Å². The fourth-order valence-electron chi connectivity index (χ4n) is 2.89. The van der Waals surface area contributed by atoms with E-state index in [9.17, 15) is 5.11 Å². The molecule has 1 aromatic rings. The van der Waals surface area contributed by atoms with Crippen LogP contribution < -0.4 is 10.6 Å². The van der Waals surface area contributed by atoms with Crippen LogP contribution in [0.3, 0.4) is 0 Å². The van der Waals surface area contributed by atoms with Gasteiger partial charge in [0.1, 0.15) is 0 Å². The highest BCUT2D eigenvalue weighted by Gasteiger charge is 2.31. The van der Waals surface area contributed by atoms with Crippen molar-refractivity contribution in [2.24, 2.45) is 10.7 Å². The highest BCUT2D eigenvalue weighted by molar-refractivity contribution is 14.0. The molecule has 2 heterocycles. The van der Waals surface area contributed by atoms with Gasteiger partial charge in [-0.2, -0.15) is 11.8 Å². The summed E-state index contributed by atoms with van der Waals surface area (Å²) in [5.41, 5.74) is 6.63. The summed E-state index contributed by atoms with van der Waals surface area (Å²) in [5, 5.41) is 11.1. The molecule has 0 aliphatic carbocycles. The van der Waals surface area contributed by atoms with E-state index in [-0.39, 0.29) is 24.0 Å². The predicted octanol–water partition coefficient (Wildman–Crippen LogP) is 2.26. The molecule has 8 heteroatoms. The molecule has 0 spiro atoms. The molecule has 1 unspecified atom stereocenters. The molecule has 1 atom stereocenters. The second-order valence-electron chi connectivity index (χ2n) is 6.15. The summed E-state index contributed by atoms with van der Waals surface area (Å²) in [6.07, 6.45) is 0.804. The lowest BCUT2D eigenvalue weighted by atomic mass is 10.1. The van der Waals surface area contributed by atoms with Gasteiger partial charge >= 0.3 is 0 Å². The van der Waals surface area contributed by atoms with Gasteiger partial charge in [0.2, 0.25) is 0 Å². The van der Waals surface area contributed by atoms with Gasteiger partial charge in [-0.05, 0) is 36.4 Å². The number of hydrogen-bond donors (Lipinski definition) is 2. The van der Waals surface area contributed by atoms with Crippen LogP contribution >= 0.6 is 47.3 Å². The van der Waals surface area contributed by atoms with Crippen molar-refractivity contribution in [1.29, 1.82) is 0 Å². The summed E-state index contributed by atoms with van der Waals surface area (Å²) < 4.78 is 0. The number of nitrogens with zero attached hydrogens (tertiary/aromatic N) is 3. The van der Waals surface area contributed by atoms with Crippen LogP contribution in [0.25, 0.3) is 0 Å². The minimum atomic E-state index is -0.666. The number of hydrogen-bond acceptors (Lipinski definition) is 4. The summed E-state index contributed by atoms with van der Waals surface area (Å²) >= 11 is 7.71. The van der Waals surface area contributed by atoms with E-state index in [0.29, 0.717) is 12.5 Å². The van der Waals surface area contributed by atoms with Crippen LogP contribution in [0.2, 0.25) is 5.02 Å². The molecule has 0 aromatic heterocycles. The number of aliphatic hydroxyl groups is 1. The maximum atomic E-state index is 10.3. The van der Waals surface area contributed by atoms with Crippen molar-refractivity contribution in [2.75, 3.05) is 49.1 Å². The van der Waals surface area contributed by atoms with Crippen LogP contribution in [0, 0.1) is 0 Å². The molecular weight excluding hydrogens is 459 g/mol. The van der Waals surface area contributed by atoms with Gasteiger partial charge in [-0.15, -0.1) is 24.0 Å². The SMILES string of the molecule is I.NC(=NCC1(O)CCSC1)N1CCN(c2ccc(Cl)cc2)CC1. The Kier molecular flexibility index (Phi) is 7.33. The van der Waals surface area contributed by atoms with Gasteiger partial charge in [0.05, 0.1) is 12.1 Å². The Morgan fingerprint density at radius 3 is 2.50 bits per heavy atom. The molecule has 0 bridgehead atoms. The average Bonchev–Trinajstić information content (AvgIpc) is 3.01. The van der Waals surface area contributed by atoms with Gasteiger partial charge in [0, 0.05) is 42.6 Å². The van der Waals surface area contributed by atoms with Crippen LogP contribution in [0.15, 0.2) is 29.3 Å². The first-order valence-electron chi connectivity index (χ1n) is 7.91. The lowest BCUT2D eigenvalue weighted by Crippen LogP contribution is -2.51. The molecular formula is C16H24ClIN4OS. The molecule has 2 fully saturated rings. The maximum Gasteiger partial charge on any atom is 0.191 e. The number of aliphatic imine (C=N–C) groups is 1. The Labute approximate surface area is 169 Å². The molecule has 2 saturated heterocycles. The Balaban J connectivity index is 0.00000208. The van der Waals surface area contributed by atoms with E-state index in [4.69, 9.17) is 17.3 Å². The van der Waals surface area contributed by atoms with Crippen molar-refractivity contribution in [1.82, 2.24) is 4.90 Å². The lowest BCUT2D eigenvalue weighted by molar-refractivity contribution is 0.0776. The lowest BCUT2D eigenvalue weighted by Gasteiger charge is -2.36. The van der Waals surface area contributed by atoms with Crippen molar-refractivity contribution in [3.8, 4) is 0 Å². The number of benzene rings is 1. The van der Waals surface area contributed by atoms with Crippen LogP contribution in [0.4, 0.5) is 5.69 Å². The number of thioether (sulfide) groups is 1. The van der Waals surface area contributed by atoms with E-state index in [2.05, 4.69) is 14.8 Å². The summed E-state index contributed by atoms with van der Waals surface area (Å²) in [6.45, 7) is 3.88. The highest BCUT2D eigenvalue weighted by atomic mass is 127. The second kappa shape index (κ2) is 8.82. The first-order chi connectivity index (χ1) is 11.1.